The van der Waals surface area contributed by atoms with Gasteiger partial charge in [-0.1, -0.05) is 6.07 Å². The monoisotopic (exact) mass is 447 g/mol. The first kappa shape index (κ1) is 22.7. The SMILES string of the molecule is CCOc1ccc(NC(=O)CNC(=O)c2cccc(S(=O)(=O)N3CCOCC3)c2)cc1. The molecule has 1 fully saturated rings. The Kier molecular flexibility index (Phi) is 7.61. The largest absolute Gasteiger partial charge is 0.494 e. The third-order valence-corrected chi connectivity index (χ3v) is 6.46. The molecule has 3 rings (SSSR count). The van der Waals surface area contributed by atoms with Crippen molar-refractivity contribution in [1.29, 1.82) is 0 Å². The van der Waals surface area contributed by atoms with Crippen LogP contribution in [0.5, 0.6) is 5.75 Å². The lowest BCUT2D eigenvalue weighted by atomic mass is 10.2. The molecule has 10 heteroatoms. The Morgan fingerprint density at radius 2 is 1.81 bits per heavy atom. The molecule has 1 aliphatic rings. The number of ether oxygens (including phenoxy) is 2. The van der Waals surface area contributed by atoms with Crippen molar-refractivity contribution in [3.63, 3.8) is 0 Å². The maximum Gasteiger partial charge on any atom is 0.251 e. The minimum Gasteiger partial charge on any atom is -0.494 e. The smallest absolute Gasteiger partial charge is 0.251 e. The molecule has 2 N–H and O–H groups in total. The van der Waals surface area contributed by atoms with Crippen LogP contribution < -0.4 is 15.4 Å². The van der Waals surface area contributed by atoms with Crippen LogP contribution in [0.4, 0.5) is 5.69 Å². The van der Waals surface area contributed by atoms with Crippen molar-refractivity contribution in [2.24, 2.45) is 0 Å². The van der Waals surface area contributed by atoms with Crippen LogP contribution in [0.15, 0.2) is 53.4 Å². The van der Waals surface area contributed by atoms with Gasteiger partial charge < -0.3 is 20.1 Å². The number of hydrogen-bond donors (Lipinski definition) is 2. The van der Waals surface area contributed by atoms with Crippen LogP contribution in [0.2, 0.25) is 0 Å². The molecule has 0 atom stereocenters. The zero-order chi connectivity index (χ0) is 22.3. The van der Waals surface area contributed by atoms with Crippen LogP contribution in [0.25, 0.3) is 0 Å². The number of amides is 2. The molecule has 0 bridgehead atoms. The van der Waals surface area contributed by atoms with Gasteiger partial charge in [0.15, 0.2) is 0 Å². The summed E-state index contributed by atoms with van der Waals surface area (Å²) in [5.74, 6) is -0.254. The zero-order valence-electron chi connectivity index (χ0n) is 17.2. The van der Waals surface area contributed by atoms with Crippen LogP contribution in [0.1, 0.15) is 17.3 Å². The molecule has 1 saturated heterocycles. The van der Waals surface area contributed by atoms with E-state index < -0.39 is 21.8 Å². The summed E-state index contributed by atoms with van der Waals surface area (Å²) in [6.45, 7) is 3.38. The summed E-state index contributed by atoms with van der Waals surface area (Å²) in [4.78, 5) is 24.6. The number of rotatable bonds is 8. The number of anilines is 1. The molecule has 2 aromatic carbocycles. The van der Waals surface area contributed by atoms with Crippen LogP contribution in [-0.2, 0) is 19.6 Å². The summed E-state index contributed by atoms with van der Waals surface area (Å²) in [6, 6.07) is 12.6. The van der Waals surface area contributed by atoms with Gasteiger partial charge in [0.2, 0.25) is 15.9 Å². The molecule has 0 saturated carbocycles. The fourth-order valence-corrected chi connectivity index (χ4v) is 4.46. The molecule has 0 aromatic heterocycles. The van der Waals surface area contributed by atoms with Gasteiger partial charge in [-0.05, 0) is 49.4 Å². The predicted molar refractivity (Wildman–Crippen MR) is 115 cm³/mol. The molecule has 1 heterocycles. The second kappa shape index (κ2) is 10.4. The summed E-state index contributed by atoms with van der Waals surface area (Å²) >= 11 is 0. The molecule has 0 unspecified atom stereocenters. The second-order valence-corrected chi connectivity index (χ2v) is 8.67. The van der Waals surface area contributed by atoms with E-state index in [4.69, 9.17) is 9.47 Å². The Morgan fingerprint density at radius 1 is 1.10 bits per heavy atom. The van der Waals surface area contributed by atoms with E-state index in [9.17, 15) is 18.0 Å². The number of carbonyl (C=O) groups is 2. The van der Waals surface area contributed by atoms with Gasteiger partial charge >= 0.3 is 0 Å². The third kappa shape index (κ3) is 6.03. The molecule has 166 valence electrons. The molecule has 0 spiro atoms. The van der Waals surface area contributed by atoms with Crippen molar-refractivity contribution in [3.8, 4) is 5.75 Å². The topological polar surface area (TPSA) is 114 Å². The van der Waals surface area contributed by atoms with Crippen molar-refractivity contribution < 1.29 is 27.5 Å². The van der Waals surface area contributed by atoms with Crippen molar-refractivity contribution in [1.82, 2.24) is 9.62 Å². The van der Waals surface area contributed by atoms with E-state index in [0.717, 1.165) is 0 Å². The fourth-order valence-electron chi connectivity index (χ4n) is 3.00. The molecule has 0 aliphatic carbocycles. The maximum absolute atomic E-state index is 12.8. The van der Waals surface area contributed by atoms with Crippen molar-refractivity contribution in [3.05, 3.63) is 54.1 Å². The van der Waals surface area contributed by atoms with E-state index in [2.05, 4.69) is 10.6 Å². The summed E-state index contributed by atoms with van der Waals surface area (Å²) in [6.07, 6.45) is 0. The van der Waals surface area contributed by atoms with Crippen LogP contribution in [0.3, 0.4) is 0 Å². The Balaban J connectivity index is 1.58. The van der Waals surface area contributed by atoms with Gasteiger partial charge in [0.05, 0.1) is 31.3 Å². The number of nitrogens with zero attached hydrogens (tertiary/aromatic N) is 1. The van der Waals surface area contributed by atoms with E-state index in [0.29, 0.717) is 31.3 Å². The third-order valence-electron chi connectivity index (χ3n) is 4.56. The number of hydrogen-bond acceptors (Lipinski definition) is 6. The lowest BCUT2D eigenvalue weighted by molar-refractivity contribution is -0.115. The van der Waals surface area contributed by atoms with Gasteiger partial charge in [0.1, 0.15) is 5.75 Å². The summed E-state index contributed by atoms with van der Waals surface area (Å²) in [7, 11) is -3.71. The minimum atomic E-state index is -3.71. The highest BCUT2D eigenvalue weighted by atomic mass is 32.2. The van der Waals surface area contributed by atoms with E-state index in [1.165, 1.54) is 28.6 Å². The average molecular weight is 448 g/mol. The first-order valence-corrected chi connectivity index (χ1v) is 11.3. The normalized spacial score (nSPS) is 14.6. The molecular formula is C21H25N3O6S. The number of sulfonamides is 1. The predicted octanol–water partition coefficient (Wildman–Crippen LogP) is 1.47. The van der Waals surface area contributed by atoms with E-state index >= 15 is 0 Å². The molecular weight excluding hydrogens is 422 g/mol. The van der Waals surface area contributed by atoms with Gasteiger partial charge in [-0.25, -0.2) is 8.42 Å². The summed E-state index contributed by atoms with van der Waals surface area (Å²) < 4.78 is 37.4. The maximum atomic E-state index is 12.8. The molecule has 2 aromatic rings. The molecule has 1 aliphatic heterocycles. The number of benzene rings is 2. The fraction of sp³-hybridized carbons (Fsp3) is 0.333. The minimum absolute atomic E-state index is 0.0286. The molecule has 9 nitrogen and oxygen atoms in total. The van der Waals surface area contributed by atoms with Crippen LogP contribution >= 0.6 is 0 Å². The number of nitrogens with one attached hydrogen (secondary N) is 2. The molecule has 31 heavy (non-hydrogen) atoms. The highest BCUT2D eigenvalue weighted by Gasteiger charge is 2.26. The number of morpholine rings is 1. The second-order valence-electron chi connectivity index (χ2n) is 6.73. The van der Waals surface area contributed by atoms with Crippen molar-refractivity contribution >= 4 is 27.5 Å². The lowest BCUT2D eigenvalue weighted by Gasteiger charge is -2.26. The van der Waals surface area contributed by atoms with Crippen LogP contribution in [-0.4, -0.2) is 64.0 Å². The first-order chi connectivity index (χ1) is 14.9. The van der Waals surface area contributed by atoms with Crippen LogP contribution in [0, 0.1) is 0 Å². The Bertz CT molecular complexity index is 1020. The van der Waals surface area contributed by atoms with Crippen molar-refractivity contribution in [2.75, 3.05) is 44.8 Å². The van der Waals surface area contributed by atoms with Gasteiger partial charge in [0, 0.05) is 24.3 Å². The average Bonchev–Trinajstić information content (AvgIpc) is 2.79. The van der Waals surface area contributed by atoms with E-state index in [-0.39, 0.29) is 30.1 Å². The molecule has 2 amide bonds. The zero-order valence-corrected chi connectivity index (χ0v) is 18.0. The number of carbonyl (C=O) groups excluding carboxylic acids is 2. The highest BCUT2D eigenvalue weighted by Crippen LogP contribution is 2.18. The molecule has 0 radical (unpaired) electrons. The Labute approximate surface area is 181 Å². The lowest BCUT2D eigenvalue weighted by Crippen LogP contribution is -2.40. The standard InChI is InChI=1S/C21H25N3O6S/c1-2-30-18-8-6-17(7-9-18)23-20(25)15-22-21(26)16-4-3-5-19(14-16)31(27,28)24-10-12-29-13-11-24/h3-9,14H,2,10-13,15H2,1H3,(H,22,26)(H,23,25). The first-order valence-electron chi connectivity index (χ1n) is 9.89. The Hall–Kier alpha value is -2.95. The van der Waals surface area contributed by atoms with E-state index in [1.807, 2.05) is 6.92 Å². The van der Waals surface area contributed by atoms with Gasteiger partial charge in [0.25, 0.3) is 5.91 Å². The Morgan fingerprint density at radius 3 is 2.48 bits per heavy atom. The highest BCUT2D eigenvalue weighted by molar-refractivity contribution is 7.89. The van der Waals surface area contributed by atoms with Crippen molar-refractivity contribution in [2.45, 2.75) is 11.8 Å². The quantitative estimate of drug-likeness (QED) is 0.634. The van der Waals surface area contributed by atoms with Gasteiger partial charge in [-0.15, -0.1) is 0 Å². The van der Waals surface area contributed by atoms with Gasteiger partial charge in [-0.2, -0.15) is 4.31 Å². The van der Waals surface area contributed by atoms with Gasteiger partial charge in [-0.3, -0.25) is 9.59 Å². The summed E-state index contributed by atoms with van der Waals surface area (Å²) in [5.41, 5.74) is 0.726. The summed E-state index contributed by atoms with van der Waals surface area (Å²) in [5, 5.41) is 5.18. The van der Waals surface area contributed by atoms with E-state index in [1.54, 1.807) is 24.3 Å².